The molecule has 25 heavy (non-hydrogen) atoms. The first-order valence-corrected chi connectivity index (χ1v) is 9.66. The zero-order valence-corrected chi connectivity index (χ0v) is 15.7. The summed E-state index contributed by atoms with van der Waals surface area (Å²) in [6.07, 6.45) is 3.78. The molecule has 0 unspecified atom stereocenters. The van der Waals surface area contributed by atoms with E-state index in [2.05, 4.69) is 51.3 Å². The minimum atomic E-state index is 0.424. The van der Waals surface area contributed by atoms with E-state index in [1.165, 1.54) is 11.1 Å². The highest BCUT2D eigenvalue weighted by Gasteiger charge is 2.21. The van der Waals surface area contributed by atoms with Gasteiger partial charge in [0.05, 0.1) is 6.10 Å². The summed E-state index contributed by atoms with van der Waals surface area (Å²) >= 11 is 0. The molecule has 1 aromatic carbocycles. The molecule has 1 N–H and O–H groups in total. The van der Waals surface area contributed by atoms with E-state index in [1.807, 2.05) is 7.05 Å². The lowest BCUT2D eigenvalue weighted by molar-refractivity contribution is 0.0263. The number of fused-ring (bicyclic) bond motifs is 1. The van der Waals surface area contributed by atoms with Crippen LogP contribution >= 0.6 is 0 Å². The van der Waals surface area contributed by atoms with Crippen LogP contribution in [0.5, 0.6) is 0 Å². The number of rotatable bonds is 5. The molecule has 0 amide bonds. The van der Waals surface area contributed by atoms with Gasteiger partial charge in [0, 0.05) is 52.9 Å². The molecule has 0 radical (unpaired) electrons. The number of hydrogen-bond donors (Lipinski definition) is 1. The summed E-state index contributed by atoms with van der Waals surface area (Å²) in [7, 11) is 1.88. The maximum Gasteiger partial charge on any atom is 0.193 e. The number of benzene rings is 1. The third-order valence-corrected chi connectivity index (χ3v) is 5.28. The van der Waals surface area contributed by atoms with Crippen molar-refractivity contribution in [3.63, 3.8) is 0 Å². The number of hydrogen-bond acceptors (Lipinski definition) is 3. The SMILES string of the molecule is CCOC1CCN(C(=NC)NCCN2CCc3ccccc3C2)CC1. The van der Waals surface area contributed by atoms with E-state index in [9.17, 15) is 0 Å². The first-order chi connectivity index (χ1) is 12.3. The molecule has 0 saturated carbocycles. The number of nitrogens with zero attached hydrogens (tertiary/aromatic N) is 3. The molecule has 2 heterocycles. The number of piperidine rings is 1. The molecular weight excluding hydrogens is 312 g/mol. The summed E-state index contributed by atoms with van der Waals surface area (Å²) in [5.41, 5.74) is 3.00. The number of nitrogens with one attached hydrogen (secondary N) is 1. The van der Waals surface area contributed by atoms with Crippen LogP contribution in [0.25, 0.3) is 0 Å². The van der Waals surface area contributed by atoms with E-state index in [0.717, 1.165) is 71.1 Å². The highest BCUT2D eigenvalue weighted by molar-refractivity contribution is 5.79. The third-order valence-electron chi connectivity index (χ3n) is 5.28. The standard InChI is InChI=1S/C20H32N4O/c1-3-25-19-9-13-24(14-10-19)20(21-2)22-11-15-23-12-8-17-6-4-5-7-18(17)16-23/h4-7,19H,3,8-16H2,1-2H3,(H,21,22). The molecule has 3 rings (SSSR count). The summed E-state index contributed by atoms with van der Waals surface area (Å²) in [6.45, 7) is 9.17. The second kappa shape index (κ2) is 9.20. The molecule has 0 spiro atoms. The lowest BCUT2D eigenvalue weighted by Crippen LogP contribution is -2.48. The van der Waals surface area contributed by atoms with E-state index in [0.29, 0.717) is 6.10 Å². The number of ether oxygens (including phenoxy) is 1. The Morgan fingerprint density at radius 3 is 2.68 bits per heavy atom. The van der Waals surface area contributed by atoms with Crippen molar-refractivity contribution in [1.29, 1.82) is 0 Å². The molecule has 2 aliphatic heterocycles. The van der Waals surface area contributed by atoms with Crippen molar-refractivity contribution >= 4 is 5.96 Å². The van der Waals surface area contributed by atoms with Crippen LogP contribution in [-0.4, -0.2) is 68.2 Å². The van der Waals surface area contributed by atoms with Crippen LogP contribution in [0.1, 0.15) is 30.9 Å². The van der Waals surface area contributed by atoms with Crippen molar-refractivity contribution < 1.29 is 4.74 Å². The predicted octanol–water partition coefficient (Wildman–Crippen LogP) is 2.12. The monoisotopic (exact) mass is 344 g/mol. The van der Waals surface area contributed by atoms with Crippen molar-refractivity contribution in [2.45, 2.75) is 38.8 Å². The van der Waals surface area contributed by atoms with E-state index in [-0.39, 0.29) is 0 Å². The topological polar surface area (TPSA) is 40.1 Å². The largest absolute Gasteiger partial charge is 0.378 e. The lowest BCUT2D eigenvalue weighted by Gasteiger charge is -2.34. The molecule has 2 aliphatic rings. The number of aliphatic imine (C=N–C) groups is 1. The molecule has 1 aromatic rings. The predicted molar refractivity (Wildman–Crippen MR) is 103 cm³/mol. The van der Waals surface area contributed by atoms with E-state index in [1.54, 1.807) is 0 Å². The molecule has 0 bridgehead atoms. The molecule has 5 heteroatoms. The van der Waals surface area contributed by atoms with Gasteiger partial charge in [0.15, 0.2) is 5.96 Å². The Morgan fingerprint density at radius 2 is 1.96 bits per heavy atom. The van der Waals surface area contributed by atoms with Crippen molar-refractivity contribution in [2.24, 2.45) is 4.99 Å². The summed E-state index contributed by atoms with van der Waals surface area (Å²) in [5, 5.41) is 3.55. The van der Waals surface area contributed by atoms with Gasteiger partial charge in [0.1, 0.15) is 0 Å². The fourth-order valence-electron chi connectivity index (χ4n) is 3.87. The number of guanidine groups is 1. The quantitative estimate of drug-likeness (QED) is 0.656. The maximum absolute atomic E-state index is 5.74. The van der Waals surface area contributed by atoms with Crippen molar-refractivity contribution in [3.05, 3.63) is 35.4 Å². The van der Waals surface area contributed by atoms with Crippen LogP contribution in [-0.2, 0) is 17.7 Å². The Labute approximate surface area is 152 Å². The molecule has 0 aliphatic carbocycles. The molecule has 1 fully saturated rings. The Balaban J connectivity index is 1.41. The zero-order chi connectivity index (χ0) is 17.5. The summed E-state index contributed by atoms with van der Waals surface area (Å²) in [5.74, 6) is 1.03. The summed E-state index contributed by atoms with van der Waals surface area (Å²) in [4.78, 5) is 9.37. The fraction of sp³-hybridized carbons (Fsp3) is 0.650. The molecule has 0 atom stereocenters. The third kappa shape index (κ3) is 4.95. The second-order valence-electron chi connectivity index (χ2n) is 6.91. The highest BCUT2D eigenvalue weighted by Crippen LogP contribution is 2.18. The second-order valence-corrected chi connectivity index (χ2v) is 6.91. The van der Waals surface area contributed by atoms with Crippen LogP contribution in [0.15, 0.2) is 29.3 Å². The smallest absolute Gasteiger partial charge is 0.193 e. The van der Waals surface area contributed by atoms with Crippen molar-refractivity contribution in [1.82, 2.24) is 15.1 Å². The Bertz CT molecular complexity index is 567. The maximum atomic E-state index is 5.74. The summed E-state index contributed by atoms with van der Waals surface area (Å²) < 4.78 is 5.74. The van der Waals surface area contributed by atoms with Crippen LogP contribution < -0.4 is 5.32 Å². The highest BCUT2D eigenvalue weighted by atomic mass is 16.5. The molecule has 0 aromatic heterocycles. The Hall–Kier alpha value is -1.59. The van der Waals surface area contributed by atoms with Crippen molar-refractivity contribution in [3.8, 4) is 0 Å². The first-order valence-electron chi connectivity index (χ1n) is 9.66. The lowest BCUT2D eigenvalue weighted by atomic mass is 10.00. The van der Waals surface area contributed by atoms with Crippen LogP contribution in [0, 0.1) is 0 Å². The molecule has 138 valence electrons. The zero-order valence-electron chi connectivity index (χ0n) is 15.7. The van der Waals surface area contributed by atoms with Gasteiger partial charge in [-0.15, -0.1) is 0 Å². The molecule has 5 nitrogen and oxygen atoms in total. The Kier molecular flexibility index (Phi) is 6.70. The van der Waals surface area contributed by atoms with Crippen molar-refractivity contribution in [2.75, 3.05) is 46.4 Å². The van der Waals surface area contributed by atoms with Gasteiger partial charge in [-0.25, -0.2) is 0 Å². The molecular formula is C20H32N4O. The van der Waals surface area contributed by atoms with Crippen LogP contribution in [0.4, 0.5) is 0 Å². The molecule has 1 saturated heterocycles. The van der Waals surface area contributed by atoms with Gasteiger partial charge in [-0.1, -0.05) is 24.3 Å². The summed E-state index contributed by atoms with van der Waals surface area (Å²) in [6, 6.07) is 8.82. The van der Waals surface area contributed by atoms with E-state index >= 15 is 0 Å². The van der Waals surface area contributed by atoms with Gasteiger partial charge in [0.2, 0.25) is 0 Å². The van der Waals surface area contributed by atoms with Gasteiger partial charge in [-0.3, -0.25) is 9.89 Å². The van der Waals surface area contributed by atoms with Crippen LogP contribution in [0.3, 0.4) is 0 Å². The van der Waals surface area contributed by atoms with Gasteiger partial charge >= 0.3 is 0 Å². The Morgan fingerprint density at radius 1 is 1.20 bits per heavy atom. The fourth-order valence-corrected chi connectivity index (χ4v) is 3.87. The van der Waals surface area contributed by atoms with E-state index in [4.69, 9.17) is 4.74 Å². The minimum absolute atomic E-state index is 0.424. The van der Waals surface area contributed by atoms with Gasteiger partial charge in [-0.2, -0.15) is 0 Å². The normalized spacial score (nSPS) is 19.8. The first kappa shape index (κ1) is 18.2. The number of likely N-dealkylation sites (tertiary alicyclic amines) is 1. The van der Waals surface area contributed by atoms with E-state index < -0.39 is 0 Å². The minimum Gasteiger partial charge on any atom is -0.378 e. The van der Waals surface area contributed by atoms with Gasteiger partial charge < -0.3 is 15.0 Å². The average molecular weight is 345 g/mol. The average Bonchev–Trinajstić information content (AvgIpc) is 2.66. The van der Waals surface area contributed by atoms with Crippen LogP contribution in [0.2, 0.25) is 0 Å². The van der Waals surface area contributed by atoms with Gasteiger partial charge in [0.25, 0.3) is 0 Å². The van der Waals surface area contributed by atoms with Gasteiger partial charge in [-0.05, 0) is 37.3 Å².